The molecule has 1 aromatic rings. The second-order valence-corrected chi connectivity index (χ2v) is 6.11. The average Bonchev–Trinajstić information content (AvgIpc) is 2.37. The number of nitrogens with two attached hydrogens (primary N) is 1. The number of rotatable bonds is 7. The number of carbonyl (C=O) groups is 1. The first kappa shape index (κ1) is 17.5. The van der Waals surface area contributed by atoms with Crippen molar-refractivity contribution in [3.8, 4) is 0 Å². The number of primary amides is 1. The van der Waals surface area contributed by atoms with Crippen LogP contribution in [0.1, 0.15) is 32.4 Å². The molecule has 5 nitrogen and oxygen atoms in total. The van der Waals surface area contributed by atoms with Gasteiger partial charge in [-0.2, -0.15) is 0 Å². The van der Waals surface area contributed by atoms with Crippen molar-refractivity contribution < 1.29 is 4.79 Å². The largest absolute Gasteiger partial charge is 0.351 e. The summed E-state index contributed by atoms with van der Waals surface area (Å²) in [7, 11) is 4.18. The number of urea groups is 1. The molecule has 0 saturated carbocycles. The van der Waals surface area contributed by atoms with E-state index < -0.39 is 6.03 Å². The van der Waals surface area contributed by atoms with Gasteiger partial charge in [-0.25, -0.2) is 4.79 Å². The number of nitrogens with one attached hydrogen (secondary N) is 2. The van der Waals surface area contributed by atoms with E-state index in [1.807, 2.05) is 24.3 Å². The van der Waals surface area contributed by atoms with Crippen molar-refractivity contribution in [2.45, 2.75) is 32.9 Å². The van der Waals surface area contributed by atoms with Crippen LogP contribution in [0.5, 0.6) is 0 Å². The maximum Gasteiger partial charge on any atom is 0.316 e. The lowest BCUT2D eigenvalue weighted by Crippen LogP contribution is -2.43. The lowest BCUT2D eigenvalue weighted by molar-refractivity contribution is 0.259. The van der Waals surface area contributed by atoms with Crippen molar-refractivity contribution in [2.24, 2.45) is 11.7 Å². The SMILES string of the molecule is CC(NC(CN(C)C)C(C)C)c1ccc(NC(N)=O)cc1. The van der Waals surface area contributed by atoms with Crippen LogP contribution in [-0.2, 0) is 0 Å². The Kier molecular flexibility index (Phi) is 6.65. The number of benzene rings is 1. The molecule has 1 rings (SSSR count). The standard InChI is InChI=1S/C16H28N4O/c1-11(2)15(10-20(4)5)18-12(3)13-6-8-14(9-7-13)19-16(17)21/h6-9,11-12,15,18H,10H2,1-5H3,(H3,17,19,21). The Balaban J connectivity index is 2.68. The molecule has 0 spiro atoms. The van der Waals surface area contributed by atoms with E-state index in [4.69, 9.17) is 5.73 Å². The van der Waals surface area contributed by atoms with Crippen molar-refractivity contribution in [1.29, 1.82) is 0 Å². The zero-order valence-corrected chi connectivity index (χ0v) is 13.7. The van der Waals surface area contributed by atoms with Crippen molar-refractivity contribution in [3.05, 3.63) is 29.8 Å². The number of carbonyl (C=O) groups excluding carboxylic acids is 1. The third-order valence-corrected chi connectivity index (χ3v) is 3.51. The number of hydrogen-bond acceptors (Lipinski definition) is 3. The van der Waals surface area contributed by atoms with E-state index in [0.29, 0.717) is 17.6 Å². The molecule has 0 saturated heterocycles. The van der Waals surface area contributed by atoms with E-state index in [1.165, 1.54) is 5.56 Å². The van der Waals surface area contributed by atoms with E-state index in [1.54, 1.807) is 0 Å². The van der Waals surface area contributed by atoms with E-state index in [-0.39, 0.29) is 6.04 Å². The van der Waals surface area contributed by atoms with Gasteiger partial charge in [0.25, 0.3) is 0 Å². The van der Waals surface area contributed by atoms with Crippen LogP contribution in [0.3, 0.4) is 0 Å². The van der Waals surface area contributed by atoms with Crippen LogP contribution in [-0.4, -0.2) is 37.6 Å². The monoisotopic (exact) mass is 292 g/mol. The van der Waals surface area contributed by atoms with Crippen LogP contribution in [0, 0.1) is 5.92 Å². The van der Waals surface area contributed by atoms with Crippen LogP contribution in [0.4, 0.5) is 10.5 Å². The van der Waals surface area contributed by atoms with Gasteiger partial charge in [0.05, 0.1) is 0 Å². The summed E-state index contributed by atoms with van der Waals surface area (Å²) in [5, 5.41) is 6.24. The predicted octanol–water partition coefficient (Wildman–Crippen LogP) is 2.41. The molecular formula is C16H28N4O. The summed E-state index contributed by atoms with van der Waals surface area (Å²) >= 11 is 0. The van der Waals surface area contributed by atoms with Crippen molar-refractivity contribution >= 4 is 11.7 Å². The Morgan fingerprint density at radius 1 is 1.19 bits per heavy atom. The smallest absolute Gasteiger partial charge is 0.316 e. The third kappa shape index (κ3) is 6.14. The van der Waals surface area contributed by atoms with Crippen LogP contribution in [0.2, 0.25) is 0 Å². The molecule has 21 heavy (non-hydrogen) atoms. The fraction of sp³-hybridized carbons (Fsp3) is 0.562. The third-order valence-electron chi connectivity index (χ3n) is 3.51. The van der Waals surface area contributed by atoms with Crippen LogP contribution in [0.25, 0.3) is 0 Å². The number of hydrogen-bond donors (Lipinski definition) is 3. The topological polar surface area (TPSA) is 70.4 Å². The van der Waals surface area contributed by atoms with E-state index in [9.17, 15) is 4.79 Å². The summed E-state index contributed by atoms with van der Waals surface area (Å²) in [6, 6.07) is 7.90. The second kappa shape index (κ2) is 8.00. The highest BCUT2D eigenvalue weighted by atomic mass is 16.2. The first-order chi connectivity index (χ1) is 9.79. The maximum absolute atomic E-state index is 10.8. The van der Waals surface area contributed by atoms with Gasteiger partial charge >= 0.3 is 6.03 Å². The molecule has 1 aromatic carbocycles. The lowest BCUT2D eigenvalue weighted by Gasteiger charge is -2.29. The Hall–Kier alpha value is -1.59. The van der Waals surface area contributed by atoms with Crippen LogP contribution < -0.4 is 16.4 Å². The van der Waals surface area contributed by atoms with E-state index in [2.05, 4.69) is 50.4 Å². The van der Waals surface area contributed by atoms with Gasteiger partial charge in [-0.05, 0) is 44.6 Å². The second-order valence-electron chi connectivity index (χ2n) is 6.11. The van der Waals surface area contributed by atoms with Gasteiger partial charge in [0.15, 0.2) is 0 Å². The fourth-order valence-electron chi connectivity index (χ4n) is 2.26. The number of amides is 2. The van der Waals surface area contributed by atoms with Gasteiger partial charge in [0, 0.05) is 24.3 Å². The highest BCUT2D eigenvalue weighted by Gasteiger charge is 2.17. The molecule has 0 radical (unpaired) electrons. The summed E-state index contributed by atoms with van der Waals surface area (Å²) in [5.41, 5.74) is 7.01. The summed E-state index contributed by atoms with van der Waals surface area (Å²) in [6.45, 7) is 7.62. The molecular weight excluding hydrogens is 264 g/mol. The van der Waals surface area contributed by atoms with Gasteiger partial charge in [-0.1, -0.05) is 26.0 Å². The molecule has 4 N–H and O–H groups in total. The number of nitrogens with zero attached hydrogens (tertiary/aromatic N) is 1. The molecule has 0 aliphatic rings. The summed E-state index contributed by atoms with van der Waals surface area (Å²) in [5.74, 6) is 0.561. The lowest BCUT2D eigenvalue weighted by atomic mass is 10.0. The highest BCUT2D eigenvalue weighted by Crippen LogP contribution is 2.18. The zero-order valence-electron chi connectivity index (χ0n) is 13.7. The van der Waals surface area contributed by atoms with Gasteiger partial charge in [-0.3, -0.25) is 0 Å². The quantitative estimate of drug-likeness (QED) is 0.723. The summed E-state index contributed by atoms with van der Waals surface area (Å²) in [6.07, 6.45) is 0. The minimum atomic E-state index is -0.542. The maximum atomic E-state index is 10.8. The predicted molar refractivity (Wildman–Crippen MR) is 88.4 cm³/mol. The minimum absolute atomic E-state index is 0.250. The Bertz CT molecular complexity index is 442. The Labute approximate surface area is 127 Å². The number of likely N-dealkylation sites (N-methyl/N-ethyl adjacent to an activating group) is 1. The normalized spacial score (nSPS) is 14.2. The first-order valence-electron chi connectivity index (χ1n) is 7.36. The molecule has 2 unspecified atom stereocenters. The molecule has 5 heteroatoms. The molecule has 0 aromatic heterocycles. The molecule has 2 amide bonds. The summed E-state index contributed by atoms with van der Waals surface area (Å²) < 4.78 is 0. The Morgan fingerprint density at radius 2 is 1.76 bits per heavy atom. The first-order valence-corrected chi connectivity index (χ1v) is 7.36. The van der Waals surface area contributed by atoms with Gasteiger partial charge in [0.1, 0.15) is 0 Å². The van der Waals surface area contributed by atoms with Crippen LogP contribution in [0.15, 0.2) is 24.3 Å². The van der Waals surface area contributed by atoms with Crippen molar-refractivity contribution in [1.82, 2.24) is 10.2 Å². The molecule has 0 fully saturated rings. The number of anilines is 1. The molecule has 2 atom stereocenters. The molecule has 0 heterocycles. The average molecular weight is 292 g/mol. The fourth-order valence-corrected chi connectivity index (χ4v) is 2.26. The van der Waals surface area contributed by atoms with Crippen molar-refractivity contribution in [2.75, 3.05) is 26.0 Å². The molecule has 0 bridgehead atoms. The molecule has 0 aliphatic heterocycles. The van der Waals surface area contributed by atoms with E-state index in [0.717, 1.165) is 6.54 Å². The van der Waals surface area contributed by atoms with Gasteiger partial charge in [-0.15, -0.1) is 0 Å². The Morgan fingerprint density at radius 3 is 2.19 bits per heavy atom. The molecule has 0 aliphatic carbocycles. The minimum Gasteiger partial charge on any atom is -0.351 e. The van der Waals surface area contributed by atoms with Gasteiger partial charge in [0.2, 0.25) is 0 Å². The summed E-state index contributed by atoms with van der Waals surface area (Å²) in [4.78, 5) is 13.0. The van der Waals surface area contributed by atoms with Gasteiger partial charge < -0.3 is 21.3 Å². The zero-order chi connectivity index (χ0) is 16.0. The van der Waals surface area contributed by atoms with E-state index >= 15 is 0 Å². The van der Waals surface area contributed by atoms with Crippen LogP contribution >= 0.6 is 0 Å². The van der Waals surface area contributed by atoms with Crippen molar-refractivity contribution in [3.63, 3.8) is 0 Å². The molecule has 118 valence electrons. The highest BCUT2D eigenvalue weighted by molar-refractivity contribution is 5.87.